The minimum atomic E-state index is -0.0712. The minimum absolute atomic E-state index is 0.0712. The number of esters is 1. The van der Waals surface area contributed by atoms with E-state index in [0.717, 1.165) is 12.8 Å². The number of unbranched alkanes of at least 4 members (excludes halogenated alkanes) is 10. The van der Waals surface area contributed by atoms with Crippen LogP contribution in [0, 0.1) is 0 Å². The Kier molecular flexibility index (Phi) is 18.2. The van der Waals surface area contributed by atoms with Crippen LogP contribution in [-0.2, 0) is 9.53 Å². The summed E-state index contributed by atoms with van der Waals surface area (Å²) in [5.41, 5.74) is 0. The largest absolute Gasteiger partial charge is 0.465 e. The monoisotopic (exact) mass is 328 g/mol. The second-order valence-electron chi connectivity index (χ2n) is 5.92. The molecule has 0 amide bonds. The summed E-state index contributed by atoms with van der Waals surface area (Å²) in [6, 6.07) is 0. The molecule has 2 nitrogen and oxygen atoms in total. The van der Waals surface area contributed by atoms with Crippen molar-refractivity contribution in [3.63, 3.8) is 0 Å². The molecule has 0 fully saturated rings. The average molecular weight is 329 g/mol. The maximum atomic E-state index is 11.3. The number of carbonyl (C=O) groups is 1. The molecule has 0 heterocycles. The van der Waals surface area contributed by atoms with E-state index in [1.54, 1.807) is 0 Å². The van der Waals surface area contributed by atoms with Crippen LogP contribution in [0.3, 0.4) is 0 Å². The van der Waals surface area contributed by atoms with Crippen LogP contribution < -0.4 is 0 Å². The van der Waals surface area contributed by atoms with E-state index in [0.29, 0.717) is 18.8 Å². The lowest BCUT2D eigenvalue weighted by Crippen LogP contribution is -2.06. The van der Waals surface area contributed by atoms with Gasteiger partial charge in [0.15, 0.2) is 0 Å². The SMILES string of the molecule is CCCCCC/C=C/CCCCCCCCC(=O)OCCS. The van der Waals surface area contributed by atoms with Crippen molar-refractivity contribution in [3.05, 3.63) is 12.2 Å². The molecule has 0 aliphatic carbocycles. The van der Waals surface area contributed by atoms with Gasteiger partial charge in [-0.25, -0.2) is 0 Å². The summed E-state index contributed by atoms with van der Waals surface area (Å²) >= 11 is 4.01. The van der Waals surface area contributed by atoms with E-state index in [1.165, 1.54) is 64.2 Å². The van der Waals surface area contributed by atoms with Gasteiger partial charge >= 0.3 is 5.97 Å². The maximum absolute atomic E-state index is 11.3. The Morgan fingerprint density at radius 1 is 0.864 bits per heavy atom. The van der Waals surface area contributed by atoms with Gasteiger partial charge in [-0.2, -0.15) is 12.6 Å². The third-order valence-electron chi connectivity index (χ3n) is 3.75. The van der Waals surface area contributed by atoms with E-state index in [2.05, 4.69) is 31.7 Å². The van der Waals surface area contributed by atoms with Crippen molar-refractivity contribution in [2.75, 3.05) is 12.4 Å². The van der Waals surface area contributed by atoms with Gasteiger partial charge in [0.2, 0.25) is 0 Å². The van der Waals surface area contributed by atoms with Gasteiger partial charge in [-0.3, -0.25) is 4.79 Å². The van der Waals surface area contributed by atoms with Crippen molar-refractivity contribution in [2.45, 2.75) is 90.4 Å². The van der Waals surface area contributed by atoms with Crippen molar-refractivity contribution < 1.29 is 9.53 Å². The normalized spacial score (nSPS) is 11.2. The van der Waals surface area contributed by atoms with Crippen LogP contribution in [0.2, 0.25) is 0 Å². The summed E-state index contributed by atoms with van der Waals surface area (Å²) in [5, 5.41) is 0. The molecule has 0 aromatic carbocycles. The Balaban J connectivity index is 3.14. The van der Waals surface area contributed by atoms with Gasteiger partial charge in [-0.15, -0.1) is 0 Å². The molecule has 0 saturated heterocycles. The zero-order valence-corrected chi connectivity index (χ0v) is 15.4. The topological polar surface area (TPSA) is 26.3 Å². The lowest BCUT2D eigenvalue weighted by atomic mass is 10.1. The van der Waals surface area contributed by atoms with Crippen molar-refractivity contribution in [2.24, 2.45) is 0 Å². The van der Waals surface area contributed by atoms with E-state index in [1.807, 2.05) is 0 Å². The number of ether oxygens (including phenoxy) is 1. The number of carbonyl (C=O) groups excluding carboxylic acids is 1. The zero-order chi connectivity index (χ0) is 16.3. The summed E-state index contributed by atoms with van der Waals surface area (Å²) < 4.78 is 4.98. The second kappa shape index (κ2) is 18.6. The fourth-order valence-electron chi connectivity index (χ4n) is 2.39. The predicted octanol–water partition coefficient (Wildman–Crippen LogP) is 6.11. The van der Waals surface area contributed by atoms with Gasteiger partial charge in [0, 0.05) is 12.2 Å². The molecule has 0 spiro atoms. The van der Waals surface area contributed by atoms with E-state index < -0.39 is 0 Å². The Labute approximate surface area is 143 Å². The number of hydrogen-bond acceptors (Lipinski definition) is 3. The second-order valence-corrected chi connectivity index (χ2v) is 6.37. The van der Waals surface area contributed by atoms with Crippen molar-refractivity contribution in [3.8, 4) is 0 Å². The third kappa shape index (κ3) is 17.6. The minimum Gasteiger partial charge on any atom is -0.465 e. The maximum Gasteiger partial charge on any atom is 0.305 e. The van der Waals surface area contributed by atoms with Gasteiger partial charge in [-0.1, -0.05) is 64.0 Å². The smallest absolute Gasteiger partial charge is 0.305 e. The van der Waals surface area contributed by atoms with Crippen LogP contribution >= 0.6 is 12.6 Å². The highest BCUT2D eigenvalue weighted by Gasteiger charge is 2.01. The lowest BCUT2D eigenvalue weighted by molar-refractivity contribution is -0.143. The Hall–Kier alpha value is -0.440. The van der Waals surface area contributed by atoms with Crippen LogP contribution in [0.15, 0.2) is 12.2 Å². The number of thiol groups is 1. The average Bonchev–Trinajstić information content (AvgIpc) is 2.53. The first kappa shape index (κ1) is 21.6. The summed E-state index contributed by atoms with van der Waals surface area (Å²) in [6.07, 6.45) is 20.4. The predicted molar refractivity (Wildman–Crippen MR) is 99.6 cm³/mol. The fraction of sp³-hybridized carbons (Fsp3) is 0.842. The molecule has 0 aromatic rings. The van der Waals surface area contributed by atoms with Gasteiger partial charge in [0.05, 0.1) is 0 Å². The van der Waals surface area contributed by atoms with E-state index in [9.17, 15) is 4.79 Å². The van der Waals surface area contributed by atoms with E-state index in [4.69, 9.17) is 4.74 Å². The molecule has 0 bridgehead atoms. The first-order valence-corrected chi connectivity index (χ1v) is 9.86. The molecule has 0 saturated carbocycles. The highest BCUT2D eigenvalue weighted by atomic mass is 32.1. The van der Waals surface area contributed by atoms with E-state index >= 15 is 0 Å². The Bertz CT molecular complexity index is 264. The standard InChI is InChI=1S/C19H36O2S/c1-2-3-4-5-6-7-8-9-10-11-12-13-14-15-16-19(20)21-17-18-22/h7-8,22H,2-6,9-18H2,1H3/b8-7+. The molecule has 0 N–H and O–H groups in total. The zero-order valence-electron chi connectivity index (χ0n) is 14.5. The first-order chi connectivity index (χ1) is 10.8. The van der Waals surface area contributed by atoms with Gasteiger partial charge in [0.25, 0.3) is 0 Å². The molecule has 0 aromatic heterocycles. The molecule has 0 radical (unpaired) electrons. The van der Waals surface area contributed by atoms with Crippen LogP contribution in [0.5, 0.6) is 0 Å². The molecular formula is C19H36O2S. The van der Waals surface area contributed by atoms with Gasteiger partial charge in [0.1, 0.15) is 6.61 Å². The Morgan fingerprint density at radius 2 is 1.41 bits per heavy atom. The van der Waals surface area contributed by atoms with Crippen molar-refractivity contribution in [1.82, 2.24) is 0 Å². The molecule has 22 heavy (non-hydrogen) atoms. The number of rotatable bonds is 16. The van der Waals surface area contributed by atoms with Crippen molar-refractivity contribution >= 4 is 18.6 Å². The molecule has 3 heteroatoms. The highest BCUT2D eigenvalue weighted by molar-refractivity contribution is 7.80. The van der Waals surface area contributed by atoms with Crippen LogP contribution in [0.1, 0.15) is 90.4 Å². The lowest BCUT2D eigenvalue weighted by Gasteiger charge is -2.03. The summed E-state index contributed by atoms with van der Waals surface area (Å²) in [6.45, 7) is 2.69. The molecule has 130 valence electrons. The first-order valence-electron chi connectivity index (χ1n) is 9.22. The summed E-state index contributed by atoms with van der Waals surface area (Å²) in [7, 11) is 0. The quantitative estimate of drug-likeness (QED) is 0.160. The number of hydrogen-bond donors (Lipinski definition) is 1. The fourth-order valence-corrected chi connectivity index (χ4v) is 2.49. The highest BCUT2D eigenvalue weighted by Crippen LogP contribution is 2.10. The third-order valence-corrected chi connectivity index (χ3v) is 3.93. The summed E-state index contributed by atoms with van der Waals surface area (Å²) in [5.74, 6) is 0.539. The van der Waals surface area contributed by atoms with Crippen LogP contribution in [0.4, 0.5) is 0 Å². The molecule has 0 aliphatic heterocycles. The molecular weight excluding hydrogens is 292 g/mol. The van der Waals surface area contributed by atoms with Crippen molar-refractivity contribution in [1.29, 1.82) is 0 Å². The van der Waals surface area contributed by atoms with Crippen LogP contribution in [0.25, 0.3) is 0 Å². The molecule has 0 rings (SSSR count). The molecule has 0 unspecified atom stereocenters. The Morgan fingerprint density at radius 3 is 2.00 bits per heavy atom. The molecule has 0 atom stereocenters. The number of allylic oxidation sites excluding steroid dienone is 2. The summed E-state index contributed by atoms with van der Waals surface area (Å²) in [4.78, 5) is 11.3. The van der Waals surface area contributed by atoms with Gasteiger partial charge < -0.3 is 4.74 Å². The van der Waals surface area contributed by atoms with Crippen LogP contribution in [-0.4, -0.2) is 18.3 Å². The molecule has 0 aliphatic rings. The van der Waals surface area contributed by atoms with Gasteiger partial charge in [-0.05, 0) is 32.1 Å². The van der Waals surface area contributed by atoms with E-state index in [-0.39, 0.29) is 5.97 Å².